The SMILES string of the molecule is CCC1CCCC(C(O)Cc2cccc(F)c2Br)C1. The number of aliphatic hydroxyl groups is 1. The van der Waals surface area contributed by atoms with E-state index >= 15 is 0 Å². The highest BCUT2D eigenvalue weighted by Crippen LogP contribution is 2.34. The summed E-state index contributed by atoms with van der Waals surface area (Å²) in [6, 6.07) is 5.03. The second-order valence-corrected chi connectivity index (χ2v) is 6.48. The van der Waals surface area contributed by atoms with Crippen LogP contribution >= 0.6 is 15.9 Å². The van der Waals surface area contributed by atoms with Crippen molar-refractivity contribution in [3.05, 3.63) is 34.1 Å². The molecule has 0 spiro atoms. The first-order valence-electron chi connectivity index (χ1n) is 7.22. The van der Waals surface area contributed by atoms with Crippen LogP contribution in [0.3, 0.4) is 0 Å². The van der Waals surface area contributed by atoms with Crippen molar-refractivity contribution in [1.29, 1.82) is 0 Å². The maximum atomic E-state index is 13.5. The van der Waals surface area contributed by atoms with Gasteiger partial charge in [-0.25, -0.2) is 4.39 Å². The molecule has 1 aromatic rings. The summed E-state index contributed by atoms with van der Waals surface area (Å²) < 4.78 is 14.0. The summed E-state index contributed by atoms with van der Waals surface area (Å²) in [6.07, 6.45) is 6.11. The lowest BCUT2D eigenvalue weighted by Gasteiger charge is -2.32. The fourth-order valence-corrected chi connectivity index (χ4v) is 3.58. The molecule has 1 aromatic carbocycles. The first-order chi connectivity index (χ1) is 9.11. The molecule has 0 aliphatic heterocycles. The summed E-state index contributed by atoms with van der Waals surface area (Å²) in [7, 11) is 0. The van der Waals surface area contributed by atoms with E-state index in [9.17, 15) is 9.50 Å². The van der Waals surface area contributed by atoms with Crippen molar-refractivity contribution in [2.75, 3.05) is 0 Å². The highest BCUT2D eigenvalue weighted by molar-refractivity contribution is 9.10. The first-order valence-corrected chi connectivity index (χ1v) is 8.02. The van der Waals surface area contributed by atoms with E-state index in [0.29, 0.717) is 16.8 Å². The van der Waals surface area contributed by atoms with Gasteiger partial charge in [0.15, 0.2) is 0 Å². The Kier molecular flexibility index (Phi) is 5.40. The fraction of sp³-hybridized carbons (Fsp3) is 0.625. The topological polar surface area (TPSA) is 20.2 Å². The number of benzene rings is 1. The van der Waals surface area contributed by atoms with E-state index in [0.717, 1.165) is 24.3 Å². The van der Waals surface area contributed by atoms with Crippen LogP contribution in [-0.4, -0.2) is 11.2 Å². The predicted octanol–water partition coefficient (Wildman–Crippen LogP) is 4.71. The lowest BCUT2D eigenvalue weighted by Crippen LogP contribution is -2.28. The van der Waals surface area contributed by atoms with Crippen LogP contribution in [0.25, 0.3) is 0 Å². The van der Waals surface area contributed by atoms with Gasteiger partial charge in [-0.15, -0.1) is 0 Å². The summed E-state index contributed by atoms with van der Waals surface area (Å²) in [5.41, 5.74) is 0.867. The summed E-state index contributed by atoms with van der Waals surface area (Å²) in [4.78, 5) is 0. The van der Waals surface area contributed by atoms with Crippen LogP contribution in [0.2, 0.25) is 0 Å². The molecule has 106 valence electrons. The second-order valence-electron chi connectivity index (χ2n) is 5.69. The summed E-state index contributed by atoms with van der Waals surface area (Å²) in [5.74, 6) is 0.873. The van der Waals surface area contributed by atoms with E-state index in [4.69, 9.17) is 0 Å². The molecule has 19 heavy (non-hydrogen) atoms. The Morgan fingerprint density at radius 3 is 2.95 bits per heavy atom. The minimum Gasteiger partial charge on any atom is -0.392 e. The molecule has 1 aliphatic rings. The summed E-state index contributed by atoms with van der Waals surface area (Å²) >= 11 is 3.27. The van der Waals surface area contributed by atoms with Crippen LogP contribution < -0.4 is 0 Å². The Hall–Kier alpha value is -0.410. The molecule has 0 radical (unpaired) electrons. The smallest absolute Gasteiger partial charge is 0.137 e. The van der Waals surface area contributed by atoms with Crippen molar-refractivity contribution < 1.29 is 9.50 Å². The number of hydrogen-bond donors (Lipinski definition) is 1. The maximum absolute atomic E-state index is 13.5. The van der Waals surface area contributed by atoms with E-state index in [-0.39, 0.29) is 11.9 Å². The Morgan fingerprint density at radius 1 is 1.42 bits per heavy atom. The molecule has 3 unspecified atom stereocenters. The van der Waals surface area contributed by atoms with Gasteiger partial charge in [0.1, 0.15) is 5.82 Å². The quantitative estimate of drug-likeness (QED) is 0.848. The lowest BCUT2D eigenvalue weighted by atomic mass is 9.76. The third-order valence-electron chi connectivity index (χ3n) is 4.41. The number of rotatable bonds is 4. The van der Waals surface area contributed by atoms with E-state index < -0.39 is 0 Å². The van der Waals surface area contributed by atoms with E-state index in [1.807, 2.05) is 6.07 Å². The average molecular weight is 329 g/mol. The normalized spacial score (nSPS) is 25.3. The zero-order valence-electron chi connectivity index (χ0n) is 11.4. The van der Waals surface area contributed by atoms with Crippen LogP contribution in [0.15, 0.2) is 22.7 Å². The minimum atomic E-state index is -0.354. The molecule has 0 heterocycles. The van der Waals surface area contributed by atoms with Gasteiger partial charge in [-0.3, -0.25) is 0 Å². The van der Waals surface area contributed by atoms with Gasteiger partial charge in [0.05, 0.1) is 10.6 Å². The van der Waals surface area contributed by atoms with Crippen molar-refractivity contribution in [2.24, 2.45) is 11.8 Å². The summed E-state index contributed by atoms with van der Waals surface area (Å²) in [5, 5.41) is 10.4. The molecule has 1 aliphatic carbocycles. The number of hydrogen-bond acceptors (Lipinski definition) is 1. The fourth-order valence-electron chi connectivity index (χ4n) is 3.15. The second kappa shape index (κ2) is 6.85. The third-order valence-corrected chi connectivity index (χ3v) is 5.29. The molecular weight excluding hydrogens is 307 g/mol. The minimum absolute atomic E-state index is 0.250. The standard InChI is InChI=1S/C16H22BrFO/c1-2-11-5-3-6-12(9-11)15(19)10-13-7-4-8-14(18)16(13)17/h4,7-8,11-12,15,19H,2-3,5-6,9-10H2,1H3. The van der Waals surface area contributed by atoms with Crippen molar-refractivity contribution >= 4 is 15.9 Å². The molecule has 1 fully saturated rings. The van der Waals surface area contributed by atoms with Crippen LogP contribution in [0.1, 0.15) is 44.6 Å². The van der Waals surface area contributed by atoms with Gasteiger partial charge in [0, 0.05) is 0 Å². The molecule has 2 rings (SSSR count). The van der Waals surface area contributed by atoms with Crippen molar-refractivity contribution in [3.8, 4) is 0 Å². The Labute approximate surface area is 123 Å². The first kappa shape index (κ1) is 15.0. The monoisotopic (exact) mass is 328 g/mol. The summed E-state index contributed by atoms with van der Waals surface area (Å²) in [6.45, 7) is 2.22. The molecule has 0 amide bonds. The molecule has 3 heteroatoms. The van der Waals surface area contributed by atoms with Crippen LogP contribution in [0.4, 0.5) is 4.39 Å². The van der Waals surface area contributed by atoms with Gasteiger partial charge in [0.2, 0.25) is 0 Å². The van der Waals surface area contributed by atoms with E-state index in [2.05, 4.69) is 22.9 Å². The van der Waals surface area contributed by atoms with Crippen LogP contribution in [0.5, 0.6) is 0 Å². The van der Waals surface area contributed by atoms with Crippen LogP contribution in [0, 0.1) is 17.7 Å². The molecule has 3 atom stereocenters. The van der Waals surface area contributed by atoms with Crippen molar-refractivity contribution in [1.82, 2.24) is 0 Å². The molecule has 0 bridgehead atoms. The molecule has 1 nitrogen and oxygen atoms in total. The van der Waals surface area contributed by atoms with Crippen molar-refractivity contribution in [2.45, 2.75) is 51.6 Å². The Morgan fingerprint density at radius 2 is 2.21 bits per heavy atom. The van der Waals surface area contributed by atoms with Gasteiger partial charge in [-0.1, -0.05) is 38.3 Å². The van der Waals surface area contributed by atoms with E-state index in [1.165, 1.54) is 25.3 Å². The predicted molar refractivity (Wildman–Crippen MR) is 79.5 cm³/mol. The number of halogens is 2. The van der Waals surface area contributed by atoms with E-state index in [1.54, 1.807) is 6.07 Å². The zero-order chi connectivity index (χ0) is 13.8. The maximum Gasteiger partial charge on any atom is 0.137 e. The van der Waals surface area contributed by atoms with Crippen LogP contribution in [-0.2, 0) is 6.42 Å². The lowest BCUT2D eigenvalue weighted by molar-refractivity contribution is 0.0683. The van der Waals surface area contributed by atoms with Crippen molar-refractivity contribution in [3.63, 3.8) is 0 Å². The Balaban J connectivity index is 2.00. The molecular formula is C16H22BrFO. The molecule has 0 saturated heterocycles. The van der Waals surface area contributed by atoms with Gasteiger partial charge in [-0.05, 0) is 58.7 Å². The molecule has 1 saturated carbocycles. The third kappa shape index (κ3) is 3.79. The average Bonchev–Trinajstić information content (AvgIpc) is 2.44. The van der Waals surface area contributed by atoms with Gasteiger partial charge in [-0.2, -0.15) is 0 Å². The van der Waals surface area contributed by atoms with Gasteiger partial charge in [0.25, 0.3) is 0 Å². The zero-order valence-corrected chi connectivity index (χ0v) is 13.0. The molecule has 1 N–H and O–H groups in total. The highest BCUT2D eigenvalue weighted by Gasteiger charge is 2.27. The van der Waals surface area contributed by atoms with Gasteiger partial charge < -0.3 is 5.11 Å². The number of aliphatic hydroxyl groups excluding tert-OH is 1. The highest BCUT2D eigenvalue weighted by atomic mass is 79.9. The Bertz CT molecular complexity index is 421. The van der Waals surface area contributed by atoms with Gasteiger partial charge >= 0.3 is 0 Å². The largest absolute Gasteiger partial charge is 0.392 e. The molecule has 0 aromatic heterocycles.